The summed E-state index contributed by atoms with van der Waals surface area (Å²) in [6.45, 7) is 0. The molecule has 2 N–H and O–H groups in total. The topological polar surface area (TPSA) is 88.5 Å². The van der Waals surface area contributed by atoms with Crippen LogP contribution in [0.15, 0.2) is 36.8 Å². The third kappa shape index (κ3) is 2.48. The van der Waals surface area contributed by atoms with Crippen molar-refractivity contribution < 1.29 is 9.18 Å². The van der Waals surface area contributed by atoms with Crippen molar-refractivity contribution in [2.24, 2.45) is 5.92 Å². The molecule has 26 heavy (non-hydrogen) atoms. The highest BCUT2D eigenvalue weighted by atomic mass is 32.1. The van der Waals surface area contributed by atoms with E-state index in [0.717, 1.165) is 17.5 Å². The molecule has 3 aromatic heterocycles. The van der Waals surface area contributed by atoms with Crippen molar-refractivity contribution in [3.63, 3.8) is 0 Å². The summed E-state index contributed by atoms with van der Waals surface area (Å²) in [7, 11) is 0. The Morgan fingerprint density at radius 1 is 1.35 bits per heavy atom. The number of imidazole rings is 1. The quantitative estimate of drug-likeness (QED) is 0.578. The minimum Gasteiger partial charge on any atom is -0.302 e. The Balaban J connectivity index is 1.56. The van der Waals surface area contributed by atoms with Gasteiger partial charge in [-0.1, -0.05) is 23.5 Å². The van der Waals surface area contributed by atoms with Crippen LogP contribution in [0.3, 0.4) is 0 Å². The van der Waals surface area contributed by atoms with Crippen LogP contribution in [-0.2, 0) is 4.79 Å². The maximum absolute atomic E-state index is 14.2. The third-order valence-electron chi connectivity index (χ3n) is 4.29. The normalized spacial score (nSPS) is 14.0. The van der Waals surface area contributed by atoms with Crippen LogP contribution in [0.2, 0.25) is 0 Å². The molecule has 0 bridgehead atoms. The van der Waals surface area contributed by atoms with Crippen molar-refractivity contribution in [2.45, 2.75) is 12.8 Å². The maximum Gasteiger partial charge on any atom is 0.229 e. The number of aromatic amines is 1. The lowest BCUT2D eigenvalue weighted by molar-refractivity contribution is -0.117. The zero-order valence-electron chi connectivity index (χ0n) is 13.4. The van der Waals surface area contributed by atoms with Gasteiger partial charge in [-0.25, -0.2) is 14.4 Å². The summed E-state index contributed by atoms with van der Waals surface area (Å²) in [6, 6.07) is 6.52. The van der Waals surface area contributed by atoms with E-state index in [1.165, 1.54) is 17.4 Å². The van der Waals surface area contributed by atoms with Crippen LogP contribution in [0.25, 0.3) is 27.4 Å². The lowest BCUT2D eigenvalue weighted by Gasteiger charge is -2.06. The Morgan fingerprint density at radius 3 is 3.00 bits per heavy atom. The third-order valence-corrected chi connectivity index (χ3v) is 5.26. The van der Waals surface area contributed by atoms with Crippen LogP contribution in [0.5, 0.6) is 0 Å². The van der Waals surface area contributed by atoms with E-state index in [0.29, 0.717) is 27.9 Å². The molecule has 1 fully saturated rings. The van der Waals surface area contributed by atoms with E-state index in [9.17, 15) is 9.18 Å². The van der Waals surface area contributed by atoms with Crippen molar-refractivity contribution in [2.75, 3.05) is 5.32 Å². The molecule has 5 rings (SSSR count). The van der Waals surface area contributed by atoms with Crippen molar-refractivity contribution in [3.05, 3.63) is 42.6 Å². The van der Waals surface area contributed by atoms with Gasteiger partial charge in [0, 0.05) is 11.5 Å². The number of aromatic nitrogens is 5. The molecule has 1 saturated carbocycles. The first-order chi connectivity index (χ1) is 12.7. The second-order valence-corrected chi connectivity index (χ2v) is 7.14. The SMILES string of the molecule is O=C(Nc1nc2[nH]nc(-n3cncc3-c3ccccc3F)c2s1)C1CC1. The number of nitrogens with one attached hydrogen (secondary N) is 2. The van der Waals surface area contributed by atoms with E-state index in [-0.39, 0.29) is 17.6 Å². The molecule has 0 atom stereocenters. The lowest BCUT2D eigenvalue weighted by Crippen LogP contribution is -2.12. The fourth-order valence-corrected chi connectivity index (χ4v) is 3.71. The van der Waals surface area contributed by atoms with E-state index >= 15 is 0 Å². The predicted molar refractivity (Wildman–Crippen MR) is 95.6 cm³/mol. The number of thiazole rings is 1. The Morgan fingerprint density at radius 2 is 2.19 bits per heavy atom. The number of halogens is 1. The molecule has 1 aliphatic rings. The number of benzene rings is 1. The molecule has 130 valence electrons. The number of fused-ring (bicyclic) bond motifs is 1. The molecule has 1 amide bonds. The Bertz CT molecular complexity index is 1130. The van der Waals surface area contributed by atoms with Gasteiger partial charge in [0.15, 0.2) is 16.6 Å². The molecule has 1 aliphatic carbocycles. The largest absolute Gasteiger partial charge is 0.302 e. The number of carbonyl (C=O) groups is 1. The van der Waals surface area contributed by atoms with Crippen molar-refractivity contribution in [1.82, 2.24) is 24.7 Å². The van der Waals surface area contributed by atoms with Crippen LogP contribution in [-0.4, -0.2) is 30.6 Å². The van der Waals surface area contributed by atoms with Gasteiger partial charge in [0.2, 0.25) is 5.91 Å². The molecule has 3 heterocycles. The number of rotatable bonds is 4. The number of anilines is 1. The number of hydrogen-bond donors (Lipinski definition) is 2. The Hall–Kier alpha value is -3.07. The first-order valence-corrected chi connectivity index (χ1v) is 8.96. The predicted octanol–water partition coefficient (Wildman–Crippen LogP) is 3.36. The summed E-state index contributed by atoms with van der Waals surface area (Å²) in [6.07, 6.45) is 5.04. The average molecular weight is 368 g/mol. The number of carbonyl (C=O) groups excluding carboxylic acids is 1. The summed E-state index contributed by atoms with van der Waals surface area (Å²) in [4.78, 5) is 20.5. The fraction of sp³-hybridized carbons (Fsp3) is 0.176. The van der Waals surface area contributed by atoms with Gasteiger partial charge in [-0.2, -0.15) is 5.10 Å². The van der Waals surface area contributed by atoms with Crippen LogP contribution < -0.4 is 5.32 Å². The van der Waals surface area contributed by atoms with E-state index in [1.807, 2.05) is 0 Å². The number of nitrogens with zero attached hydrogens (tertiary/aromatic N) is 4. The summed E-state index contributed by atoms with van der Waals surface area (Å²) in [5, 5.41) is 10.5. The van der Waals surface area contributed by atoms with Gasteiger partial charge in [-0.05, 0) is 25.0 Å². The molecule has 0 radical (unpaired) electrons. The summed E-state index contributed by atoms with van der Waals surface area (Å²) in [5.41, 5.74) is 1.60. The Labute approximate surface area is 150 Å². The molecule has 0 unspecified atom stereocenters. The minimum absolute atomic E-state index is 0.00517. The van der Waals surface area contributed by atoms with Crippen molar-refractivity contribution >= 4 is 32.7 Å². The van der Waals surface area contributed by atoms with Crippen LogP contribution in [0, 0.1) is 11.7 Å². The number of amides is 1. The number of hydrogen-bond acceptors (Lipinski definition) is 5. The Kier molecular flexibility index (Phi) is 3.35. The summed E-state index contributed by atoms with van der Waals surface area (Å²) < 4.78 is 16.7. The molecule has 4 aromatic rings. The first kappa shape index (κ1) is 15.2. The zero-order chi connectivity index (χ0) is 17.7. The van der Waals surface area contributed by atoms with Gasteiger partial charge in [0.25, 0.3) is 0 Å². The zero-order valence-corrected chi connectivity index (χ0v) is 14.3. The van der Waals surface area contributed by atoms with Gasteiger partial charge in [0.05, 0.1) is 11.9 Å². The standard InChI is InChI=1S/C17H13FN6OS/c18-11-4-2-1-3-10(11)12-7-19-8-24(12)15-13-14(22-23-15)20-17(26-13)21-16(25)9-5-6-9/h1-4,7-9H,5-6H2,(H2,20,21,22,23,25). The molecule has 7 nitrogen and oxygen atoms in total. The highest BCUT2D eigenvalue weighted by Crippen LogP contribution is 2.34. The molecular weight excluding hydrogens is 355 g/mol. The van der Waals surface area contributed by atoms with Crippen molar-refractivity contribution in [3.8, 4) is 17.1 Å². The smallest absolute Gasteiger partial charge is 0.229 e. The van der Waals surface area contributed by atoms with Crippen LogP contribution in [0.1, 0.15) is 12.8 Å². The summed E-state index contributed by atoms with van der Waals surface area (Å²) >= 11 is 1.33. The van der Waals surface area contributed by atoms with Gasteiger partial charge in [-0.3, -0.25) is 14.5 Å². The lowest BCUT2D eigenvalue weighted by atomic mass is 10.1. The first-order valence-electron chi connectivity index (χ1n) is 8.14. The second-order valence-electron chi connectivity index (χ2n) is 6.14. The van der Waals surface area contributed by atoms with E-state index in [1.54, 1.807) is 35.3 Å². The minimum atomic E-state index is -0.331. The van der Waals surface area contributed by atoms with E-state index < -0.39 is 0 Å². The van der Waals surface area contributed by atoms with E-state index in [2.05, 4.69) is 25.5 Å². The fourth-order valence-electron chi connectivity index (χ4n) is 2.81. The summed E-state index contributed by atoms with van der Waals surface area (Å²) in [5.74, 6) is 0.352. The van der Waals surface area contributed by atoms with Gasteiger partial charge in [-0.15, -0.1) is 0 Å². The second kappa shape index (κ2) is 5.73. The van der Waals surface area contributed by atoms with Crippen LogP contribution in [0.4, 0.5) is 9.52 Å². The highest BCUT2D eigenvalue weighted by molar-refractivity contribution is 7.22. The highest BCUT2D eigenvalue weighted by Gasteiger charge is 2.30. The molecule has 1 aromatic carbocycles. The molecule has 0 saturated heterocycles. The van der Waals surface area contributed by atoms with Gasteiger partial charge >= 0.3 is 0 Å². The molecule has 9 heteroatoms. The van der Waals surface area contributed by atoms with Gasteiger partial charge in [0.1, 0.15) is 16.8 Å². The average Bonchev–Trinajstić information content (AvgIpc) is 3.06. The molecule has 0 aliphatic heterocycles. The van der Waals surface area contributed by atoms with Gasteiger partial charge < -0.3 is 5.32 Å². The molecule has 0 spiro atoms. The van der Waals surface area contributed by atoms with Crippen molar-refractivity contribution in [1.29, 1.82) is 0 Å². The number of H-pyrrole nitrogens is 1. The molecular formula is C17H13FN6OS. The monoisotopic (exact) mass is 368 g/mol. The van der Waals surface area contributed by atoms with Crippen LogP contribution >= 0.6 is 11.3 Å². The van der Waals surface area contributed by atoms with E-state index in [4.69, 9.17) is 0 Å². The maximum atomic E-state index is 14.2.